The predicted molar refractivity (Wildman–Crippen MR) is 145 cm³/mol. The molecular formula is C28H25N5O6. The maximum Gasteiger partial charge on any atom is 0.258 e. The second-order valence-electron chi connectivity index (χ2n) is 8.01. The summed E-state index contributed by atoms with van der Waals surface area (Å²) in [6, 6.07) is 20.8. The molecule has 39 heavy (non-hydrogen) atoms. The summed E-state index contributed by atoms with van der Waals surface area (Å²) in [5, 5.41) is 7.93. The minimum atomic E-state index is -0.497. The molecule has 198 valence electrons. The van der Waals surface area contributed by atoms with E-state index in [4.69, 9.17) is 14.2 Å². The number of amides is 3. The third-order valence-electron chi connectivity index (χ3n) is 5.49. The van der Waals surface area contributed by atoms with Crippen LogP contribution in [0.5, 0.6) is 17.2 Å². The van der Waals surface area contributed by atoms with Crippen LogP contribution in [0.3, 0.4) is 0 Å². The highest BCUT2D eigenvalue weighted by atomic mass is 16.5. The van der Waals surface area contributed by atoms with Crippen LogP contribution in [0.25, 0.3) is 0 Å². The molecule has 0 aliphatic heterocycles. The molecule has 0 fully saturated rings. The average molecular weight is 528 g/mol. The van der Waals surface area contributed by atoms with Crippen molar-refractivity contribution < 1.29 is 28.6 Å². The van der Waals surface area contributed by atoms with Crippen molar-refractivity contribution in [3.8, 4) is 17.2 Å². The second kappa shape index (κ2) is 12.2. The van der Waals surface area contributed by atoms with Crippen LogP contribution in [-0.2, 0) is 0 Å². The zero-order valence-electron chi connectivity index (χ0n) is 21.3. The Hall–Kier alpha value is -5.45. The summed E-state index contributed by atoms with van der Waals surface area (Å²) in [4.78, 5) is 47.0. The Morgan fingerprint density at radius 3 is 1.13 bits per heavy atom. The van der Waals surface area contributed by atoms with Crippen molar-refractivity contribution in [2.75, 3.05) is 37.3 Å². The molecule has 4 aromatic rings. The largest absolute Gasteiger partial charge is 0.497 e. The average Bonchev–Trinajstić information content (AvgIpc) is 2.97. The third-order valence-corrected chi connectivity index (χ3v) is 5.49. The van der Waals surface area contributed by atoms with Crippen LogP contribution in [0.1, 0.15) is 31.1 Å². The minimum absolute atomic E-state index is 0.0564. The van der Waals surface area contributed by atoms with Crippen LogP contribution < -0.4 is 30.2 Å². The van der Waals surface area contributed by atoms with Gasteiger partial charge in [-0.15, -0.1) is 0 Å². The van der Waals surface area contributed by atoms with Gasteiger partial charge in [0.2, 0.25) is 5.95 Å². The number of hydrogen-bond acceptors (Lipinski definition) is 8. The van der Waals surface area contributed by atoms with E-state index >= 15 is 0 Å². The monoisotopic (exact) mass is 527 g/mol. The smallest absolute Gasteiger partial charge is 0.258 e. The lowest BCUT2D eigenvalue weighted by molar-refractivity contribution is 0.101. The van der Waals surface area contributed by atoms with Crippen LogP contribution in [0.15, 0.2) is 78.9 Å². The van der Waals surface area contributed by atoms with Crippen LogP contribution in [0.4, 0.5) is 17.6 Å². The Bertz CT molecular complexity index is 1280. The molecule has 3 aromatic carbocycles. The van der Waals surface area contributed by atoms with Gasteiger partial charge in [0.25, 0.3) is 17.7 Å². The zero-order valence-corrected chi connectivity index (χ0v) is 21.3. The Labute approximate surface area is 224 Å². The lowest BCUT2D eigenvalue weighted by Gasteiger charge is -2.12. The number of methoxy groups -OCH3 is 3. The summed E-state index contributed by atoms with van der Waals surface area (Å²) in [6.45, 7) is 0. The normalized spacial score (nSPS) is 10.2. The number of nitrogens with one attached hydrogen (secondary N) is 3. The maximum absolute atomic E-state index is 12.8. The molecule has 0 atom stereocenters. The van der Waals surface area contributed by atoms with Gasteiger partial charge in [0.1, 0.15) is 28.9 Å². The van der Waals surface area contributed by atoms with Gasteiger partial charge in [-0.25, -0.2) is 0 Å². The molecule has 4 rings (SSSR count). The van der Waals surface area contributed by atoms with E-state index in [0.717, 1.165) is 0 Å². The van der Waals surface area contributed by atoms with E-state index in [1.807, 2.05) is 0 Å². The fourth-order valence-electron chi connectivity index (χ4n) is 3.41. The van der Waals surface area contributed by atoms with Gasteiger partial charge >= 0.3 is 0 Å². The summed E-state index contributed by atoms with van der Waals surface area (Å²) in [5.74, 6) is 0.349. The molecule has 3 amide bonds. The van der Waals surface area contributed by atoms with Crippen molar-refractivity contribution in [2.24, 2.45) is 0 Å². The van der Waals surface area contributed by atoms with Gasteiger partial charge < -0.3 is 24.8 Å². The predicted octanol–water partition coefficient (Wildman–Crippen LogP) is 4.26. The number of benzene rings is 3. The number of ether oxygens (including phenoxy) is 3. The SMILES string of the molecule is COc1ccc(C(=O)Nc2cc(NC(=O)c3ccc(OC)cc3)nc(NC(=O)c3ccc(OC)cc3)n2)cc1. The molecule has 0 radical (unpaired) electrons. The molecule has 0 unspecified atom stereocenters. The van der Waals surface area contributed by atoms with Gasteiger partial charge in [-0.3, -0.25) is 19.7 Å². The van der Waals surface area contributed by atoms with Crippen molar-refractivity contribution in [1.82, 2.24) is 9.97 Å². The molecule has 1 heterocycles. The fourth-order valence-corrected chi connectivity index (χ4v) is 3.41. The second-order valence-corrected chi connectivity index (χ2v) is 8.01. The van der Waals surface area contributed by atoms with Crippen molar-refractivity contribution in [1.29, 1.82) is 0 Å². The third kappa shape index (κ3) is 6.86. The molecule has 3 N–H and O–H groups in total. The number of carbonyl (C=O) groups excluding carboxylic acids is 3. The molecular weight excluding hydrogens is 502 g/mol. The van der Waals surface area contributed by atoms with Crippen LogP contribution in [0, 0.1) is 0 Å². The number of aromatic nitrogens is 2. The Morgan fingerprint density at radius 1 is 0.513 bits per heavy atom. The maximum atomic E-state index is 12.8. The summed E-state index contributed by atoms with van der Waals surface area (Å²) in [7, 11) is 4.58. The molecule has 1 aromatic heterocycles. The van der Waals surface area contributed by atoms with Gasteiger partial charge in [-0.2, -0.15) is 9.97 Å². The zero-order chi connectivity index (χ0) is 27.8. The van der Waals surface area contributed by atoms with Crippen molar-refractivity contribution in [2.45, 2.75) is 0 Å². The van der Waals surface area contributed by atoms with Crippen LogP contribution in [0.2, 0.25) is 0 Å². The number of carbonyl (C=O) groups is 3. The summed E-state index contributed by atoms with van der Waals surface area (Å²) >= 11 is 0. The van der Waals surface area contributed by atoms with E-state index < -0.39 is 17.7 Å². The highest BCUT2D eigenvalue weighted by molar-refractivity contribution is 6.07. The van der Waals surface area contributed by atoms with Gasteiger partial charge in [-0.05, 0) is 72.8 Å². The first kappa shape index (κ1) is 26.6. The number of hydrogen-bond donors (Lipinski definition) is 3. The van der Waals surface area contributed by atoms with E-state index in [1.54, 1.807) is 72.8 Å². The van der Waals surface area contributed by atoms with Crippen molar-refractivity contribution >= 4 is 35.3 Å². The molecule has 0 bridgehead atoms. The van der Waals surface area contributed by atoms with Crippen LogP contribution in [-0.4, -0.2) is 49.0 Å². The first-order chi connectivity index (χ1) is 18.9. The van der Waals surface area contributed by atoms with Gasteiger partial charge in [-0.1, -0.05) is 0 Å². The molecule has 0 saturated carbocycles. The summed E-state index contributed by atoms with van der Waals surface area (Å²) in [6.07, 6.45) is 0. The molecule has 0 spiro atoms. The minimum Gasteiger partial charge on any atom is -0.497 e. The van der Waals surface area contributed by atoms with E-state index in [-0.39, 0.29) is 17.6 Å². The van der Waals surface area contributed by atoms with E-state index in [1.165, 1.54) is 27.4 Å². The Kier molecular flexibility index (Phi) is 8.32. The molecule has 0 aliphatic rings. The molecule has 11 heteroatoms. The Balaban J connectivity index is 1.59. The van der Waals surface area contributed by atoms with E-state index in [9.17, 15) is 14.4 Å². The van der Waals surface area contributed by atoms with E-state index in [2.05, 4.69) is 25.9 Å². The van der Waals surface area contributed by atoms with Gasteiger partial charge in [0.05, 0.1) is 21.3 Å². The first-order valence-electron chi connectivity index (χ1n) is 11.6. The lowest BCUT2D eigenvalue weighted by atomic mass is 10.2. The fraction of sp³-hybridized carbons (Fsp3) is 0.107. The summed E-state index contributed by atoms with van der Waals surface area (Å²) < 4.78 is 15.4. The number of nitrogens with zero attached hydrogens (tertiary/aromatic N) is 2. The standard InChI is InChI=1S/C28H25N5O6/c1-37-20-10-4-17(5-11-20)25(34)29-23-16-24(30-26(35)18-6-12-21(38-2)13-7-18)32-28(31-23)33-27(36)19-8-14-22(39-3)15-9-19/h4-16H,1-3H3,(H3,29,30,31,32,33,34,35,36). The van der Waals surface area contributed by atoms with Gasteiger partial charge in [0, 0.05) is 22.8 Å². The summed E-state index contributed by atoms with van der Waals surface area (Å²) in [5.41, 5.74) is 1.03. The van der Waals surface area contributed by atoms with Crippen molar-refractivity contribution in [3.63, 3.8) is 0 Å². The molecule has 11 nitrogen and oxygen atoms in total. The molecule has 0 saturated heterocycles. The highest BCUT2D eigenvalue weighted by Crippen LogP contribution is 2.20. The van der Waals surface area contributed by atoms with E-state index in [0.29, 0.717) is 33.9 Å². The van der Waals surface area contributed by atoms with Crippen molar-refractivity contribution in [3.05, 3.63) is 95.6 Å². The number of rotatable bonds is 9. The quantitative estimate of drug-likeness (QED) is 0.293. The molecule has 0 aliphatic carbocycles. The highest BCUT2D eigenvalue weighted by Gasteiger charge is 2.15. The lowest BCUT2D eigenvalue weighted by Crippen LogP contribution is -2.19. The topological polar surface area (TPSA) is 141 Å². The number of anilines is 3. The van der Waals surface area contributed by atoms with Gasteiger partial charge in [0.15, 0.2) is 0 Å². The first-order valence-corrected chi connectivity index (χ1v) is 11.6. The van der Waals surface area contributed by atoms with Crippen LogP contribution >= 0.6 is 0 Å². The Morgan fingerprint density at radius 2 is 0.821 bits per heavy atom.